The lowest BCUT2D eigenvalue weighted by Gasteiger charge is -2.09. The van der Waals surface area contributed by atoms with Gasteiger partial charge in [0.2, 0.25) is 0 Å². The molecule has 0 amide bonds. The first-order valence-electron chi connectivity index (χ1n) is 4.88. The number of hydrogen-bond donors (Lipinski definition) is 1. The summed E-state index contributed by atoms with van der Waals surface area (Å²) in [6, 6.07) is 8.32. The standard InChI is InChI=1S/C11H14INO2/c12-9-6-4-8(5-7-9)10(13)2-1-3-11(14)15/h4-7,10H,1-3,13H2,(H,14,15)/t10-/m0/s1. The lowest BCUT2D eigenvalue weighted by Crippen LogP contribution is -2.53. The summed E-state index contributed by atoms with van der Waals surface area (Å²) in [6.45, 7) is 0. The summed E-state index contributed by atoms with van der Waals surface area (Å²) in [7, 11) is 0. The zero-order valence-electron chi connectivity index (χ0n) is 8.41. The van der Waals surface area contributed by atoms with Crippen LogP contribution in [0.2, 0.25) is 0 Å². The van der Waals surface area contributed by atoms with E-state index in [0.717, 1.165) is 12.0 Å². The van der Waals surface area contributed by atoms with Crippen LogP contribution in [0, 0.1) is 3.57 Å². The molecule has 4 heteroatoms. The highest BCUT2D eigenvalue weighted by Gasteiger charge is 2.08. The van der Waals surface area contributed by atoms with E-state index in [0.29, 0.717) is 6.42 Å². The summed E-state index contributed by atoms with van der Waals surface area (Å²) in [6.07, 6.45) is 1.54. The van der Waals surface area contributed by atoms with Crippen molar-refractivity contribution in [3.8, 4) is 0 Å². The zero-order chi connectivity index (χ0) is 11.3. The molecule has 0 aliphatic carbocycles. The van der Waals surface area contributed by atoms with Crippen molar-refractivity contribution >= 4 is 28.6 Å². The van der Waals surface area contributed by atoms with E-state index in [9.17, 15) is 9.90 Å². The van der Waals surface area contributed by atoms with Crippen LogP contribution in [0.4, 0.5) is 0 Å². The first-order valence-corrected chi connectivity index (χ1v) is 5.96. The maximum Gasteiger partial charge on any atom is 0.110 e. The maximum absolute atomic E-state index is 10.2. The molecule has 3 N–H and O–H groups in total. The predicted molar refractivity (Wildman–Crippen MR) is 63.6 cm³/mol. The average Bonchev–Trinajstić information content (AvgIpc) is 2.18. The number of carbonyl (C=O) groups excluding carboxylic acids is 1. The molecule has 0 saturated carbocycles. The molecule has 1 aromatic carbocycles. The third-order valence-corrected chi connectivity index (χ3v) is 2.99. The molecule has 0 heterocycles. The predicted octanol–water partition coefficient (Wildman–Crippen LogP) is 0.494. The van der Waals surface area contributed by atoms with E-state index in [4.69, 9.17) is 0 Å². The molecule has 0 saturated heterocycles. The van der Waals surface area contributed by atoms with Gasteiger partial charge in [0.15, 0.2) is 0 Å². The van der Waals surface area contributed by atoms with Gasteiger partial charge in [0.05, 0.1) is 0 Å². The third kappa shape index (κ3) is 4.61. The minimum atomic E-state index is -0.982. The molecule has 82 valence electrons. The van der Waals surface area contributed by atoms with Crippen LogP contribution < -0.4 is 10.8 Å². The van der Waals surface area contributed by atoms with Crippen molar-refractivity contribution in [2.45, 2.75) is 25.3 Å². The monoisotopic (exact) mass is 319 g/mol. The summed E-state index contributed by atoms with van der Waals surface area (Å²) < 4.78 is 1.19. The summed E-state index contributed by atoms with van der Waals surface area (Å²) in [5.41, 5.74) is 5.18. The first kappa shape index (κ1) is 12.4. The van der Waals surface area contributed by atoms with E-state index in [1.807, 2.05) is 24.3 Å². The van der Waals surface area contributed by atoms with Crippen molar-refractivity contribution in [3.05, 3.63) is 33.4 Å². The molecule has 0 aliphatic heterocycles. The lowest BCUT2D eigenvalue weighted by molar-refractivity contribution is -0.428. The molecule has 1 atom stereocenters. The molecule has 1 rings (SSSR count). The van der Waals surface area contributed by atoms with Crippen LogP contribution in [0.5, 0.6) is 0 Å². The Labute approximate surface area is 103 Å². The van der Waals surface area contributed by atoms with Crippen molar-refractivity contribution in [3.63, 3.8) is 0 Å². The lowest BCUT2D eigenvalue weighted by atomic mass is 10.0. The van der Waals surface area contributed by atoms with Crippen LogP contribution in [-0.2, 0) is 4.79 Å². The molecule has 0 fully saturated rings. The fourth-order valence-electron chi connectivity index (χ4n) is 1.39. The van der Waals surface area contributed by atoms with Gasteiger partial charge in [0.1, 0.15) is 6.04 Å². The Bertz CT molecular complexity index is 324. The van der Waals surface area contributed by atoms with E-state index in [2.05, 4.69) is 28.3 Å². The van der Waals surface area contributed by atoms with Gasteiger partial charge in [0.25, 0.3) is 0 Å². The van der Waals surface area contributed by atoms with E-state index in [1.165, 1.54) is 3.57 Å². The maximum atomic E-state index is 10.2. The van der Waals surface area contributed by atoms with Crippen LogP contribution in [0.3, 0.4) is 0 Å². The Morgan fingerprint density at radius 3 is 2.53 bits per heavy atom. The molecule has 0 aromatic heterocycles. The fourth-order valence-corrected chi connectivity index (χ4v) is 1.75. The number of carboxylic acid groups (broad SMARTS) is 1. The molecule has 0 unspecified atom stereocenters. The van der Waals surface area contributed by atoms with Crippen LogP contribution in [0.1, 0.15) is 30.9 Å². The molecule has 3 nitrogen and oxygen atoms in total. The van der Waals surface area contributed by atoms with Gasteiger partial charge < -0.3 is 15.6 Å². The average molecular weight is 319 g/mol. The molecular weight excluding hydrogens is 305 g/mol. The Morgan fingerprint density at radius 2 is 2.00 bits per heavy atom. The molecule has 0 aliphatic rings. The summed E-state index contributed by atoms with van der Waals surface area (Å²) in [4.78, 5) is 10.2. The van der Waals surface area contributed by atoms with Crippen LogP contribution in [-0.4, -0.2) is 5.97 Å². The number of carboxylic acids is 1. The molecule has 0 spiro atoms. The minimum absolute atomic E-state index is 0.121. The Morgan fingerprint density at radius 1 is 1.40 bits per heavy atom. The van der Waals surface area contributed by atoms with Crippen LogP contribution in [0.25, 0.3) is 0 Å². The Kier molecular flexibility index (Phi) is 5.04. The number of quaternary nitrogens is 1. The highest BCUT2D eigenvalue weighted by Crippen LogP contribution is 2.16. The van der Waals surface area contributed by atoms with Crippen molar-refractivity contribution in [1.82, 2.24) is 0 Å². The van der Waals surface area contributed by atoms with E-state index < -0.39 is 5.97 Å². The second-order valence-corrected chi connectivity index (χ2v) is 4.76. The second-order valence-electron chi connectivity index (χ2n) is 3.51. The summed E-state index contributed by atoms with van der Waals surface area (Å²) in [5, 5.41) is 10.2. The summed E-state index contributed by atoms with van der Waals surface area (Å²) in [5.74, 6) is -0.982. The van der Waals surface area contributed by atoms with Gasteiger partial charge in [-0.2, -0.15) is 0 Å². The van der Waals surface area contributed by atoms with Crippen molar-refractivity contribution < 1.29 is 15.6 Å². The van der Waals surface area contributed by atoms with E-state index in [1.54, 1.807) is 0 Å². The largest absolute Gasteiger partial charge is 0.550 e. The van der Waals surface area contributed by atoms with Crippen LogP contribution >= 0.6 is 22.6 Å². The van der Waals surface area contributed by atoms with Crippen molar-refractivity contribution in [1.29, 1.82) is 0 Å². The van der Waals surface area contributed by atoms with Gasteiger partial charge in [0, 0.05) is 21.5 Å². The van der Waals surface area contributed by atoms with Gasteiger partial charge in [-0.05, 0) is 47.6 Å². The molecule has 0 bridgehead atoms. The van der Waals surface area contributed by atoms with E-state index in [-0.39, 0.29) is 12.5 Å². The quantitative estimate of drug-likeness (QED) is 0.803. The Hall–Kier alpha value is -0.620. The smallest absolute Gasteiger partial charge is 0.110 e. The first-order chi connectivity index (χ1) is 7.09. The Balaban J connectivity index is 2.43. The van der Waals surface area contributed by atoms with Gasteiger partial charge in [-0.1, -0.05) is 12.1 Å². The van der Waals surface area contributed by atoms with E-state index >= 15 is 0 Å². The molecule has 0 radical (unpaired) electrons. The summed E-state index contributed by atoms with van der Waals surface area (Å²) >= 11 is 2.25. The minimum Gasteiger partial charge on any atom is -0.550 e. The van der Waals surface area contributed by atoms with Gasteiger partial charge in [-0.3, -0.25) is 0 Å². The number of rotatable bonds is 5. The number of hydrogen-bond acceptors (Lipinski definition) is 2. The van der Waals surface area contributed by atoms with Gasteiger partial charge in [-0.15, -0.1) is 0 Å². The normalized spacial score (nSPS) is 12.4. The fraction of sp³-hybridized carbons (Fsp3) is 0.364. The van der Waals surface area contributed by atoms with Crippen molar-refractivity contribution in [2.24, 2.45) is 0 Å². The van der Waals surface area contributed by atoms with Crippen LogP contribution in [0.15, 0.2) is 24.3 Å². The topological polar surface area (TPSA) is 67.8 Å². The number of carbonyl (C=O) groups is 1. The van der Waals surface area contributed by atoms with Gasteiger partial charge >= 0.3 is 0 Å². The van der Waals surface area contributed by atoms with Crippen molar-refractivity contribution in [2.75, 3.05) is 0 Å². The SMILES string of the molecule is [NH3+][C@@H](CCCC(=O)[O-])c1ccc(I)cc1. The molecule has 15 heavy (non-hydrogen) atoms. The third-order valence-electron chi connectivity index (χ3n) is 2.27. The number of benzene rings is 1. The number of aliphatic carboxylic acids is 1. The highest BCUT2D eigenvalue weighted by atomic mass is 127. The molecular formula is C11H14INO2. The second kappa shape index (κ2) is 6.07. The zero-order valence-corrected chi connectivity index (χ0v) is 10.6. The number of halogens is 1. The van der Waals surface area contributed by atoms with Gasteiger partial charge in [-0.25, -0.2) is 0 Å². The molecule has 1 aromatic rings. The highest BCUT2D eigenvalue weighted by molar-refractivity contribution is 14.1.